The van der Waals surface area contributed by atoms with E-state index in [-0.39, 0.29) is 11.0 Å². The molecule has 0 saturated carbocycles. The number of aryl methyl sites for hydroxylation is 1. The molecule has 0 unspecified atom stereocenters. The minimum Gasteiger partial charge on any atom is -0.465 e. The molecule has 0 aromatic carbocycles. The Morgan fingerprint density at radius 3 is 2.67 bits per heavy atom. The Morgan fingerprint density at radius 1 is 1.33 bits per heavy atom. The van der Waals surface area contributed by atoms with Gasteiger partial charge in [-0.2, -0.15) is 0 Å². The summed E-state index contributed by atoms with van der Waals surface area (Å²) in [6.07, 6.45) is 1.57. The lowest BCUT2D eigenvalue weighted by atomic mass is 9.66. The Hall–Kier alpha value is -2.31. The molecule has 3 heterocycles. The fourth-order valence-corrected chi connectivity index (χ4v) is 4.02. The molecule has 1 atom stereocenters. The predicted octanol–water partition coefficient (Wildman–Crippen LogP) is 2.74. The van der Waals surface area contributed by atoms with Gasteiger partial charge in [0.05, 0.1) is 11.2 Å². The van der Waals surface area contributed by atoms with Gasteiger partial charge in [0.25, 0.3) is 5.56 Å². The number of nitrogens with one attached hydrogen (secondary N) is 1. The van der Waals surface area contributed by atoms with E-state index in [2.05, 4.69) is 10.1 Å². The van der Waals surface area contributed by atoms with Crippen LogP contribution < -0.4 is 5.56 Å². The van der Waals surface area contributed by atoms with Crippen LogP contribution >= 0.6 is 0 Å². The minimum absolute atomic E-state index is 0.189. The molecule has 1 fully saturated rings. The van der Waals surface area contributed by atoms with Crippen molar-refractivity contribution in [2.24, 2.45) is 5.41 Å². The lowest BCUT2D eigenvalue weighted by Crippen LogP contribution is -2.59. The van der Waals surface area contributed by atoms with E-state index in [1.54, 1.807) is 6.92 Å². The maximum Gasteiger partial charge on any atom is 0.408 e. The van der Waals surface area contributed by atoms with Crippen molar-refractivity contribution in [2.45, 2.75) is 52.5 Å². The van der Waals surface area contributed by atoms with Crippen molar-refractivity contribution in [3.8, 4) is 0 Å². The van der Waals surface area contributed by atoms with E-state index in [1.807, 2.05) is 26.8 Å². The van der Waals surface area contributed by atoms with Crippen LogP contribution in [-0.2, 0) is 5.54 Å². The molecule has 1 aliphatic heterocycles. The second-order valence-electron chi connectivity index (χ2n) is 7.60. The number of aromatic amines is 1. The Kier molecular flexibility index (Phi) is 3.69. The Labute approximate surface area is 140 Å². The number of carboxylic acid groups (broad SMARTS) is 1. The summed E-state index contributed by atoms with van der Waals surface area (Å²) in [4.78, 5) is 30.1. The molecule has 2 aromatic heterocycles. The van der Waals surface area contributed by atoms with Gasteiger partial charge in [-0.1, -0.05) is 20.8 Å². The number of aromatic nitrogens is 3. The zero-order valence-electron chi connectivity index (χ0n) is 14.6. The first kappa shape index (κ1) is 16.5. The number of piperidine rings is 1. The van der Waals surface area contributed by atoms with E-state index in [4.69, 9.17) is 0 Å². The van der Waals surface area contributed by atoms with E-state index in [0.29, 0.717) is 24.3 Å². The summed E-state index contributed by atoms with van der Waals surface area (Å²) >= 11 is 0. The van der Waals surface area contributed by atoms with Gasteiger partial charge in [0.2, 0.25) is 0 Å². The lowest BCUT2D eigenvalue weighted by Gasteiger charge is -2.53. The number of hydrogen-bond donors (Lipinski definition) is 2. The SMILES string of the molecule is Cc1cc(=O)n2[nH]c([C@@]3(C(C)(C)C)CCCCN3C(=O)O)cc2n1. The molecule has 1 saturated heterocycles. The smallest absolute Gasteiger partial charge is 0.408 e. The number of hydrogen-bond acceptors (Lipinski definition) is 3. The molecule has 1 amide bonds. The maximum atomic E-state index is 12.2. The number of nitrogens with zero attached hydrogens (tertiary/aromatic N) is 3. The molecule has 2 aromatic rings. The number of fused-ring (bicyclic) bond motifs is 1. The van der Waals surface area contributed by atoms with Gasteiger partial charge in [-0.3, -0.25) is 14.8 Å². The number of H-pyrrole nitrogens is 1. The van der Waals surface area contributed by atoms with E-state index in [1.165, 1.54) is 15.5 Å². The van der Waals surface area contributed by atoms with Crippen LogP contribution in [0.5, 0.6) is 0 Å². The topological polar surface area (TPSA) is 90.7 Å². The molecular formula is C17H24N4O3. The van der Waals surface area contributed by atoms with E-state index >= 15 is 0 Å². The van der Waals surface area contributed by atoms with Crippen LogP contribution in [0, 0.1) is 12.3 Å². The maximum absolute atomic E-state index is 12.2. The third-order valence-electron chi connectivity index (χ3n) is 5.13. The van der Waals surface area contributed by atoms with Gasteiger partial charge in [0, 0.05) is 24.4 Å². The Morgan fingerprint density at radius 2 is 2.04 bits per heavy atom. The van der Waals surface area contributed by atoms with Crippen molar-refractivity contribution in [1.82, 2.24) is 19.5 Å². The highest BCUT2D eigenvalue weighted by Crippen LogP contribution is 2.49. The van der Waals surface area contributed by atoms with Gasteiger partial charge in [-0.25, -0.2) is 14.3 Å². The highest BCUT2D eigenvalue weighted by Gasteiger charge is 2.52. The summed E-state index contributed by atoms with van der Waals surface area (Å²) < 4.78 is 1.39. The Bertz CT molecular complexity index is 846. The average molecular weight is 332 g/mol. The van der Waals surface area contributed by atoms with Crippen molar-refractivity contribution in [3.63, 3.8) is 0 Å². The van der Waals surface area contributed by atoms with Crippen molar-refractivity contribution in [1.29, 1.82) is 0 Å². The normalized spacial score (nSPS) is 22.1. The summed E-state index contributed by atoms with van der Waals surface area (Å²) in [5.74, 6) is 0. The van der Waals surface area contributed by atoms with E-state index < -0.39 is 11.6 Å². The zero-order chi connectivity index (χ0) is 17.7. The van der Waals surface area contributed by atoms with E-state index in [9.17, 15) is 14.7 Å². The fraction of sp³-hybridized carbons (Fsp3) is 0.588. The molecule has 7 heteroatoms. The van der Waals surface area contributed by atoms with Crippen LogP contribution in [0.1, 0.15) is 51.4 Å². The van der Waals surface area contributed by atoms with Crippen molar-refractivity contribution >= 4 is 11.7 Å². The van der Waals surface area contributed by atoms with Gasteiger partial charge >= 0.3 is 6.09 Å². The molecule has 1 aliphatic rings. The number of carbonyl (C=O) groups is 1. The van der Waals surface area contributed by atoms with Crippen LogP contribution in [0.3, 0.4) is 0 Å². The summed E-state index contributed by atoms with van der Waals surface area (Å²) in [5.41, 5.74) is 0.651. The molecule has 130 valence electrons. The van der Waals surface area contributed by atoms with Gasteiger partial charge in [0.15, 0.2) is 5.65 Å². The third-order valence-corrected chi connectivity index (χ3v) is 5.13. The molecule has 0 aliphatic carbocycles. The van der Waals surface area contributed by atoms with Crippen molar-refractivity contribution in [2.75, 3.05) is 6.54 Å². The zero-order valence-corrected chi connectivity index (χ0v) is 14.6. The van der Waals surface area contributed by atoms with Crippen LogP contribution in [0.4, 0.5) is 4.79 Å². The summed E-state index contributed by atoms with van der Waals surface area (Å²) in [5, 5.41) is 12.9. The molecule has 24 heavy (non-hydrogen) atoms. The highest BCUT2D eigenvalue weighted by atomic mass is 16.4. The number of likely N-dealkylation sites (tertiary alicyclic amines) is 1. The second-order valence-corrected chi connectivity index (χ2v) is 7.60. The minimum atomic E-state index is -0.931. The van der Waals surface area contributed by atoms with Crippen LogP contribution in [0.15, 0.2) is 16.9 Å². The van der Waals surface area contributed by atoms with Crippen molar-refractivity contribution in [3.05, 3.63) is 33.9 Å². The predicted molar refractivity (Wildman–Crippen MR) is 90.3 cm³/mol. The molecule has 7 nitrogen and oxygen atoms in total. The van der Waals surface area contributed by atoms with E-state index in [0.717, 1.165) is 18.5 Å². The van der Waals surface area contributed by atoms with Gasteiger partial charge in [-0.15, -0.1) is 0 Å². The first-order chi connectivity index (χ1) is 11.2. The van der Waals surface area contributed by atoms with Crippen LogP contribution in [-0.4, -0.2) is 37.2 Å². The summed E-state index contributed by atoms with van der Waals surface area (Å²) in [7, 11) is 0. The number of amides is 1. The lowest BCUT2D eigenvalue weighted by molar-refractivity contribution is -0.0324. The molecular weight excluding hydrogens is 308 g/mol. The standard InChI is InChI=1S/C17H24N4O3/c1-11-9-14(22)21-13(18-11)10-12(19-21)17(16(2,3)4)7-5-6-8-20(17)15(23)24/h9-10,19H,5-8H2,1-4H3,(H,23,24)/t17-/m1/s1. The first-order valence-electron chi connectivity index (χ1n) is 8.27. The quantitative estimate of drug-likeness (QED) is 0.840. The van der Waals surface area contributed by atoms with Gasteiger partial charge in [-0.05, 0) is 31.6 Å². The van der Waals surface area contributed by atoms with Crippen LogP contribution in [0.25, 0.3) is 5.65 Å². The average Bonchev–Trinajstić information content (AvgIpc) is 2.90. The summed E-state index contributed by atoms with van der Waals surface area (Å²) in [6.45, 7) is 8.39. The first-order valence-corrected chi connectivity index (χ1v) is 8.27. The summed E-state index contributed by atoms with van der Waals surface area (Å²) in [6, 6.07) is 3.29. The fourth-order valence-electron chi connectivity index (χ4n) is 4.02. The highest BCUT2D eigenvalue weighted by molar-refractivity contribution is 5.67. The molecule has 3 rings (SSSR count). The largest absolute Gasteiger partial charge is 0.465 e. The molecule has 0 radical (unpaired) electrons. The Balaban J connectivity index is 2.29. The van der Waals surface area contributed by atoms with Gasteiger partial charge in [0.1, 0.15) is 0 Å². The van der Waals surface area contributed by atoms with Gasteiger partial charge < -0.3 is 5.11 Å². The second kappa shape index (κ2) is 5.36. The van der Waals surface area contributed by atoms with Crippen molar-refractivity contribution < 1.29 is 9.90 Å². The van der Waals surface area contributed by atoms with Crippen LogP contribution in [0.2, 0.25) is 0 Å². The monoisotopic (exact) mass is 332 g/mol. The number of rotatable bonds is 1. The molecule has 2 N–H and O–H groups in total. The molecule has 0 bridgehead atoms. The molecule has 0 spiro atoms. The third kappa shape index (κ3) is 2.30.